The molecule has 0 aliphatic carbocycles. The van der Waals surface area contributed by atoms with Gasteiger partial charge in [0.25, 0.3) is 0 Å². The lowest BCUT2D eigenvalue weighted by Gasteiger charge is -2.08. The molecule has 2 nitrogen and oxygen atoms in total. The summed E-state index contributed by atoms with van der Waals surface area (Å²) in [5.74, 6) is -0.250. The van der Waals surface area contributed by atoms with Gasteiger partial charge in [0.05, 0.1) is 0 Å². The van der Waals surface area contributed by atoms with Crippen molar-refractivity contribution in [1.82, 2.24) is 4.90 Å². The van der Waals surface area contributed by atoms with Crippen LogP contribution < -0.4 is 0 Å². The topological polar surface area (TPSA) is 20.3 Å². The van der Waals surface area contributed by atoms with E-state index >= 15 is 0 Å². The molecule has 4 heteroatoms. The average molecular weight is 151 g/mol. The predicted molar refractivity (Wildman–Crippen MR) is 33.9 cm³/mol. The normalized spacial score (nSPS) is 10.1. The number of alkyl halides is 2. The fraction of sp³-hybridized carbons (Fsp3) is 0.833. The van der Waals surface area contributed by atoms with Crippen LogP contribution in [0.2, 0.25) is 0 Å². The van der Waals surface area contributed by atoms with Crippen LogP contribution in [0.5, 0.6) is 0 Å². The molecule has 0 aromatic rings. The molecule has 0 unspecified atom stereocenters. The minimum Gasteiger partial charge on any atom is -0.349 e. The van der Waals surface area contributed by atoms with Gasteiger partial charge in [-0.05, 0) is 0 Å². The van der Waals surface area contributed by atoms with Crippen molar-refractivity contribution in [1.29, 1.82) is 0 Å². The van der Waals surface area contributed by atoms with Gasteiger partial charge < -0.3 is 4.90 Å². The second-order valence-corrected chi connectivity index (χ2v) is 2.22. The van der Waals surface area contributed by atoms with Gasteiger partial charge >= 0.3 is 0 Å². The zero-order valence-corrected chi connectivity index (χ0v) is 6.10. The summed E-state index contributed by atoms with van der Waals surface area (Å²) in [5.41, 5.74) is 0. The van der Waals surface area contributed by atoms with Gasteiger partial charge in [0.1, 0.15) is 0 Å². The van der Waals surface area contributed by atoms with Crippen LogP contribution in [0.4, 0.5) is 8.78 Å². The van der Waals surface area contributed by atoms with E-state index in [0.29, 0.717) is 0 Å². The van der Waals surface area contributed by atoms with Crippen molar-refractivity contribution < 1.29 is 13.6 Å². The lowest BCUT2D eigenvalue weighted by molar-refractivity contribution is -0.129. The predicted octanol–water partition coefficient (Wildman–Crippen LogP) is 1.12. The van der Waals surface area contributed by atoms with Crippen LogP contribution in [-0.2, 0) is 4.79 Å². The Morgan fingerprint density at radius 2 is 2.00 bits per heavy atom. The SMILES string of the molecule is CN(C)C(=O)CCC(F)F. The molecule has 0 aromatic heterocycles. The Bertz CT molecular complexity index is 114. The summed E-state index contributed by atoms with van der Waals surface area (Å²) >= 11 is 0. The summed E-state index contributed by atoms with van der Waals surface area (Å²) < 4.78 is 23.0. The summed E-state index contributed by atoms with van der Waals surface area (Å²) in [6.07, 6.45) is -2.77. The fourth-order valence-electron chi connectivity index (χ4n) is 0.456. The van der Waals surface area contributed by atoms with Gasteiger partial charge in [-0.3, -0.25) is 4.79 Å². The van der Waals surface area contributed by atoms with E-state index in [1.54, 1.807) is 14.1 Å². The Labute approximate surface area is 58.8 Å². The molecule has 0 saturated heterocycles. The third-order valence-electron chi connectivity index (χ3n) is 1.08. The van der Waals surface area contributed by atoms with Gasteiger partial charge in [0.15, 0.2) is 0 Å². The molecule has 60 valence electrons. The number of halogens is 2. The minimum absolute atomic E-state index is 0.0648. The second-order valence-electron chi connectivity index (χ2n) is 2.22. The number of amides is 1. The molecule has 0 spiro atoms. The Kier molecular flexibility index (Phi) is 3.91. The number of nitrogens with zero attached hydrogens (tertiary/aromatic N) is 1. The van der Waals surface area contributed by atoms with Crippen molar-refractivity contribution in [2.75, 3.05) is 14.1 Å². The van der Waals surface area contributed by atoms with E-state index in [4.69, 9.17) is 0 Å². The van der Waals surface area contributed by atoms with Gasteiger partial charge in [0, 0.05) is 26.9 Å². The van der Waals surface area contributed by atoms with E-state index < -0.39 is 6.43 Å². The molecular formula is C6H11F2NO. The molecule has 0 bridgehead atoms. The van der Waals surface area contributed by atoms with Gasteiger partial charge in [-0.25, -0.2) is 8.78 Å². The molecule has 0 rings (SSSR count). The first kappa shape index (κ1) is 9.33. The van der Waals surface area contributed by atoms with E-state index in [0.717, 1.165) is 0 Å². The molecule has 0 heterocycles. The van der Waals surface area contributed by atoms with E-state index in [1.807, 2.05) is 0 Å². The maximum absolute atomic E-state index is 11.5. The molecule has 0 radical (unpaired) electrons. The zero-order valence-electron chi connectivity index (χ0n) is 6.10. The smallest absolute Gasteiger partial charge is 0.239 e. The highest BCUT2D eigenvalue weighted by atomic mass is 19.3. The first-order valence-electron chi connectivity index (χ1n) is 3.02. The highest BCUT2D eigenvalue weighted by Gasteiger charge is 2.08. The number of hydrogen-bond donors (Lipinski definition) is 0. The molecule has 0 N–H and O–H groups in total. The Hall–Kier alpha value is -0.670. The highest BCUT2D eigenvalue weighted by molar-refractivity contribution is 5.75. The monoisotopic (exact) mass is 151 g/mol. The standard InChI is InChI=1S/C6H11F2NO/c1-9(2)6(10)4-3-5(7)8/h5H,3-4H2,1-2H3. The number of carbonyl (C=O) groups excluding carboxylic acids is 1. The van der Waals surface area contributed by atoms with Gasteiger partial charge in [-0.15, -0.1) is 0 Å². The van der Waals surface area contributed by atoms with Crippen molar-refractivity contribution >= 4 is 5.91 Å². The van der Waals surface area contributed by atoms with Crippen molar-refractivity contribution in [2.45, 2.75) is 19.3 Å². The quantitative estimate of drug-likeness (QED) is 0.591. The fourth-order valence-corrected chi connectivity index (χ4v) is 0.456. The summed E-state index contributed by atoms with van der Waals surface area (Å²) in [4.78, 5) is 11.9. The average Bonchev–Trinajstić information content (AvgIpc) is 1.82. The van der Waals surface area contributed by atoms with Crippen LogP contribution in [0, 0.1) is 0 Å². The first-order chi connectivity index (χ1) is 4.54. The second kappa shape index (κ2) is 4.19. The lowest BCUT2D eigenvalue weighted by atomic mass is 10.3. The Morgan fingerprint density at radius 3 is 2.30 bits per heavy atom. The molecule has 0 saturated carbocycles. The minimum atomic E-state index is -2.37. The van der Waals surface area contributed by atoms with Gasteiger partial charge in [0.2, 0.25) is 12.3 Å². The molecule has 1 amide bonds. The van der Waals surface area contributed by atoms with Crippen LogP contribution in [0.1, 0.15) is 12.8 Å². The highest BCUT2D eigenvalue weighted by Crippen LogP contribution is 2.03. The largest absolute Gasteiger partial charge is 0.349 e. The lowest BCUT2D eigenvalue weighted by Crippen LogP contribution is -2.21. The number of rotatable bonds is 3. The van der Waals surface area contributed by atoms with Crippen LogP contribution in [-0.4, -0.2) is 31.3 Å². The van der Waals surface area contributed by atoms with Crippen molar-refractivity contribution in [2.24, 2.45) is 0 Å². The molecule has 0 aliphatic heterocycles. The summed E-state index contributed by atoms with van der Waals surface area (Å²) in [5, 5.41) is 0. The number of hydrogen-bond acceptors (Lipinski definition) is 1. The van der Waals surface area contributed by atoms with Crippen LogP contribution in [0.15, 0.2) is 0 Å². The third kappa shape index (κ3) is 4.23. The number of carbonyl (C=O) groups is 1. The molecule has 0 aromatic carbocycles. The summed E-state index contributed by atoms with van der Waals surface area (Å²) in [7, 11) is 3.10. The molecule has 0 atom stereocenters. The Morgan fingerprint density at radius 1 is 1.50 bits per heavy atom. The third-order valence-corrected chi connectivity index (χ3v) is 1.08. The van der Waals surface area contributed by atoms with Crippen LogP contribution >= 0.6 is 0 Å². The maximum Gasteiger partial charge on any atom is 0.239 e. The molecule has 0 fully saturated rings. The van der Waals surface area contributed by atoms with Crippen molar-refractivity contribution in [3.63, 3.8) is 0 Å². The Balaban J connectivity index is 3.40. The van der Waals surface area contributed by atoms with Gasteiger partial charge in [-0.2, -0.15) is 0 Å². The van der Waals surface area contributed by atoms with Gasteiger partial charge in [-0.1, -0.05) is 0 Å². The molecule has 0 aliphatic rings. The van der Waals surface area contributed by atoms with Crippen LogP contribution in [0.3, 0.4) is 0 Å². The summed E-state index contributed by atoms with van der Waals surface area (Å²) in [6.45, 7) is 0. The maximum atomic E-state index is 11.5. The van der Waals surface area contributed by atoms with E-state index in [9.17, 15) is 13.6 Å². The van der Waals surface area contributed by atoms with Crippen molar-refractivity contribution in [3.05, 3.63) is 0 Å². The molecule has 10 heavy (non-hydrogen) atoms. The molecular weight excluding hydrogens is 140 g/mol. The first-order valence-corrected chi connectivity index (χ1v) is 3.02. The van der Waals surface area contributed by atoms with E-state index in [-0.39, 0.29) is 18.7 Å². The van der Waals surface area contributed by atoms with E-state index in [2.05, 4.69) is 0 Å². The zero-order chi connectivity index (χ0) is 8.15. The van der Waals surface area contributed by atoms with E-state index in [1.165, 1.54) is 4.90 Å². The van der Waals surface area contributed by atoms with Crippen molar-refractivity contribution in [3.8, 4) is 0 Å². The summed E-state index contributed by atoms with van der Waals surface area (Å²) in [6, 6.07) is 0. The van der Waals surface area contributed by atoms with Crippen LogP contribution in [0.25, 0.3) is 0 Å².